The molecule has 2 heterocycles. The zero-order valence-electron chi connectivity index (χ0n) is 10.8. The van der Waals surface area contributed by atoms with Crippen LogP contribution in [0.4, 0.5) is 0 Å². The molecule has 0 bridgehead atoms. The maximum Gasteiger partial charge on any atom is 0.133 e. The molecule has 0 spiro atoms. The van der Waals surface area contributed by atoms with Crippen molar-refractivity contribution in [1.29, 1.82) is 0 Å². The number of hydrogen-bond donors (Lipinski definition) is 1. The third-order valence-electron chi connectivity index (χ3n) is 2.71. The first kappa shape index (κ1) is 13.7. The summed E-state index contributed by atoms with van der Waals surface area (Å²) in [6, 6.07) is 1.90. The molecular weight excluding hydrogens is 284 g/mol. The van der Waals surface area contributed by atoms with E-state index >= 15 is 0 Å². The Hall–Kier alpha value is -0.710. The first-order chi connectivity index (χ1) is 8.30. The summed E-state index contributed by atoms with van der Waals surface area (Å²) in [6.45, 7) is 8.30. The van der Waals surface area contributed by atoms with E-state index in [2.05, 4.69) is 30.7 Å². The van der Waals surface area contributed by atoms with E-state index in [1.165, 1.54) is 0 Å². The van der Waals surface area contributed by atoms with E-state index in [9.17, 15) is 0 Å². The Labute approximate surface area is 121 Å². The molecule has 0 saturated heterocycles. The Morgan fingerprint density at radius 1 is 1.39 bits per heavy atom. The summed E-state index contributed by atoms with van der Waals surface area (Å²) in [5.41, 5.74) is 1.89. The first-order valence-corrected chi connectivity index (χ1v) is 7.32. The molecule has 2 aromatic rings. The number of nitrogens with one attached hydrogen (secondary N) is 1. The van der Waals surface area contributed by atoms with Gasteiger partial charge in [0.25, 0.3) is 0 Å². The number of aromatic amines is 1. The fourth-order valence-corrected chi connectivity index (χ4v) is 2.99. The molecule has 5 heteroatoms. The van der Waals surface area contributed by atoms with Crippen molar-refractivity contribution in [3.8, 4) is 10.6 Å². The summed E-state index contributed by atoms with van der Waals surface area (Å²) in [4.78, 5) is 8.87. The number of hydrogen-bond acceptors (Lipinski definition) is 3. The number of aromatic nitrogens is 2. The van der Waals surface area contributed by atoms with Gasteiger partial charge in [0.1, 0.15) is 10.5 Å². The van der Waals surface area contributed by atoms with Crippen LogP contribution in [0.25, 0.3) is 10.6 Å². The lowest BCUT2D eigenvalue weighted by molar-refractivity contribution is 0.544. The predicted octanol–water partition coefficient (Wildman–Crippen LogP) is 5.13. The van der Waals surface area contributed by atoms with Crippen molar-refractivity contribution < 1.29 is 0 Å². The van der Waals surface area contributed by atoms with Crippen LogP contribution in [0.5, 0.6) is 0 Å². The summed E-state index contributed by atoms with van der Waals surface area (Å²) in [5, 5.41) is 2.73. The normalized spacial score (nSPS) is 11.8. The van der Waals surface area contributed by atoms with E-state index < -0.39 is 0 Å². The van der Waals surface area contributed by atoms with Crippen LogP contribution in [0.1, 0.15) is 32.2 Å². The molecule has 96 valence electrons. The van der Waals surface area contributed by atoms with Crippen molar-refractivity contribution in [2.75, 3.05) is 0 Å². The van der Waals surface area contributed by atoms with Gasteiger partial charge in [-0.3, -0.25) is 0 Å². The van der Waals surface area contributed by atoms with E-state index in [-0.39, 0.29) is 5.41 Å². The lowest BCUT2D eigenvalue weighted by Gasteiger charge is -2.19. The number of thiophene rings is 1. The van der Waals surface area contributed by atoms with Gasteiger partial charge in [0.15, 0.2) is 0 Å². The average Bonchev–Trinajstić information content (AvgIpc) is 2.67. The minimum Gasteiger partial charge on any atom is -0.342 e. The lowest BCUT2D eigenvalue weighted by atomic mass is 9.95. The molecule has 0 atom stereocenters. The van der Waals surface area contributed by atoms with Crippen LogP contribution in [-0.2, 0) is 5.41 Å². The molecule has 0 amide bonds. The fourth-order valence-electron chi connectivity index (χ4n) is 1.59. The van der Waals surface area contributed by atoms with E-state index in [0.717, 1.165) is 27.0 Å². The van der Waals surface area contributed by atoms with Gasteiger partial charge in [-0.1, -0.05) is 44.6 Å². The Balaban J connectivity index is 2.72. The number of rotatable bonds is 1. The zero-order chi connectivity index (χ0) is 13.5. The Kier molecular flexibility index (Phi) is 3.63. The SMILES string of the molecule is Cc1c(-c2sccc2Cl)[nH]c(C(C)(C)C)nc1=S. The minimum atomic E-state index is -0.0697. The van der Waals surface area contributed by atoms with Gasteiger partial charge < -0.3 is 4.98 Å². The van der Waals surface area contributed by atoms with Crippen LogP contribution in [0.15, 0.2) is 11.4 Å². The van der Waals surface area contributed by atoms with Gasteiger partial charge in [-0.25, -0.2) is 4.98 Å². The molecule has 0 saturated carbocycles. The second-order valence-electron chi connectivity index (χ2n) is 5.24. The van der Waals surface area contributed by atoms with E-state index in [1.807, 2.05) is 18.4 Å². The Morgan fingerprint density at radius 2 is 2.06 bits per heavy atom. The summed E-state index contributed by atoms with van der Waals surface area (Å²) < 4.78 is 0.637. The zero-order valence-corrected chi connectivity index (χ0v) is 13.2. The topological polar surface area (TPSA) is 28.7 Å². The number of H-pyrrole nitrogens is 1. The van der Waals surface area contributed by atoms with Gasteiger partial charge in [-0.15, -0.1) is 11.3 Å². The van der Waals surface area contributed by atoms with Crippen molar-refractivity contribution in [3.05, 3.63) is 32.5 Å². The molecular formula is C13H15ClN2S2. The highest BCUT2D eigenvalue weighted by atomic mass is 35.5. The predicted molar refractivity (Wildman–Crippen MR) is 81.2 cm³/mol. The van der Waals surface area contributed by atoms with Crippen molar-refractivity contribution in [2.45, 2.75) is 33.1 Å². The third kappa shape index (κ3) is 2.51. The van der Waals surface area contributed by atoms with Gasteiger partial charge in [-0.2, -0.15) is 0 Å². The van der Waals surface area contributed by atoms with Gasteiger partial charge in [0.05, 0.1) is 15.6 Å². The van der Waals surface area contributed by atoms with Crippen LogP contribution >= 0.6 is 35.2 Å². The van der Waals surface area contributed by atoms with Crippen molar-refractivity contribution >= 4 is 35.2 Å². The van der Waals surface area contributed by atoms with Crippen LogP contribution in [0, 0.1) is 11.6 Å². The van der Waals surface area contributed by atoms with Gasteiger partial charge in [0.2, 0.25) is 0 Å². The highest BCUT2D eigenvalue weighted by Gasteiger charge is 2.19. The molecule has 2 rings (SSSR count). The van der Waals surface area contributed by atoms with Crippen molar-refractivity contribution in [2.24, 2.45) is 0 Å². The number of nitrogens with zero attached hydrogens (tertiary/aromatic N) is 1. The molecule has 0 aliphatic rings. The summed E-state index contributed by atoms with van der Waals surface area (Å²) in [6.07, 6.45) is 0. The second kappa shape index (κ2) is 4.76. The van der Waals surface area contributed by atoms with Crippen LogP contribution in [0.3, 0.4) is 0 Å². The molecule has 0 unspecified atom stereocenters. The maximum absolute atomic E-state index is 6.20. The average molecular weight is 299 g/mol. The second-order valence-corrected chi connectivity index (χ2v) is 6.95. The molecule has 1 N–H and O–H groups in total. The van der Waals surface area contributed by atoms with E-state index in [0.29, 0.717) is 4.64 Å². The molecule has 18 heavy (non-hydrogen) atoms. The first-order valence-electron chi connectivity index (χ1n) is 5.65. The van der Waals surface area contributed by atoms with Crippen LogP contribution in [-0.4, -0.2) is 9.97 Å². The fraction of sp³-hybridized carbons (Fsp3) is 0.385. The lowest BCUT2D eigenvalue weighted by Crippen LogP contribution is -2.17. The van der Waals surface area contributed by atoms with E-state index in [1.54, 1.807) is 11.3 Å². The molecule has 0 aromatic carbocycles. The van der Waals surface area contributed by atoms with Crippen LogP contribution < -0.4 is 0 Å². The number of halogens is 1. The quantitative estimate of drug-likeness (QED) is 0.740. The maximum atomic E-state index is 6.20. The molecule has 2 aromatic heterocycles. The minimum absolute atomic E-state index is 0.0697. The van der Waals surface area contributed by atoms with Crippen LogP contribution in [0.2, 0.25) is 5.02 Å². The highest BCUT2D eigenvalue weighted by molar-refractivity contribution is 7.71. The van der Waals surface area contributed by atoms with Gasteiger partial charge in [-0.05, 0) is 18.4 Å². The summed E-state index contributed by atoms with van der Waals surface area (Å²) in [5.74, 6) is 0.887. The van der Waals surface area contributed by atoms with Gasteiger partial charge >= 0.3 is 0 Å². The standard InChI is InChI=1S/C13H15ClN2S2/c1-7-9(10-8(14)5-6-18-10)15-12(13(2,3)4)16-11(7)17/h5-6H,1-4H3,(H,15,16,17). The smallest absolute Gasteiger partial charge is 0.133 e. The largest absolute Gasteiger partial charge is 0.342 e. The molecule has 2 nitrogen and oxygen atoms in total. The Morgan fingerprint density at radius 3 is 2.56 bits per heavy atom. The molecule has 0 aliphatic heterocycles. The monoisotopic (exact) mass is 298 g/mol. The summed E-state index contributed by atoms with van der Waals surface area (Å²) in [7, 11) is 0. The van der Waals surface area contributed by atoms with Gasteiger partial charge in [0, 0.05) is 11.0 Å². The Bertz CT molecular complexity index is 635. The third-order valence-corrected chi connectivity index (χ3v) is 4.46. The molecule has 0 fully saturated rings. The summed E-state index contributed by atoms with van der Waals surface area (Å²) >= 11 is 13.2. The molecule has 0 radical (unpaired) electrons. The van der Waals surface area contributed by atoms with Crippen molar-refractivity contribution in [1.82, 2.24) is 9.97 Å². The molecule has 0 aliphatic carbocycles. The highest BCUT2D eigenvalue weighted by Crippen LogP contribution is 2.35. The van der Waals surface area contributed by atoms with E-state index in [4.69, 9.17) is 23.8 Å². The van der Waals surface area contributed by atoms with Crippen molar-refractivity contribution in [3.63, 3.8) is 0 Å².